The average molecular weight is 373 g/mol. The predicted molar refractivity (Wildman–Crippen MR) is 92.0 cm³/mol. The first-order valence-electron chi connectivity index (χ1n) is 6.53. The molecular formula is C14H13ClN2O4S2. The fourth-order valence-corrected chi connectivity index (χ4v) is 3.87. The van der Waals surface area contributed by atoms with E-state index in [-0.39, 0.29) is 27.8 Å². The Labute approximate surface area is 144 Å². The number of halogens is 1. The van der Waals surface area contributed by atoms with Gasteiger partial charge >= 0.3 is 0 Å². The van der Waals surface area contributed by atoms with Crippen molar-refractivity contribution in [2.45, 2.75) is 16.7 Å². The van der Waals surface area contributed by atoms with Gasteiger partial charge in [0.25, 0.3) is 15.7 Å². The lowest BCUT2D eigenvalue weighted by Gasteiger charge is -2.22. The Bertz CT molecular complexity index is 838. The molecule has 0 radical (unpaired) electrons. The Morgan fingerprint density at radius 2 is 1.83 bits per heavy atom. The summed E-state index contributed by atoms with van der Waals surface area (Å²) in [6, 6.07) is 9.77. The van der Waals surface area contributed by atoms with Crippen molar-refractivity contribution in [3.8, 4) is 0 Å². The van der Waals surface area contributed by atoms with E-state index in [1.54, 1.807) is 19.1 Å². The van der Waals surface area contributed by atoms with Crippen molar-refractivity contribution in [2.75, 3.05) is 10.8 Å². The number of nitro groups is 1. The molecule has 0 spiro atoms. The Balaban J connectivity index is 2.60. The summed E-state index contributed by atoms with van der Waals surface area (Å²) in [7, 11) is -3.94. The number of rotatable bonds is 5. The first-order valence-corrected chi connectivity index (χ1v) is 8.79. The minimum atomic E-state index is -3.94. The second-order valence-electron chi connectivity index (χ2n) is 4.55. The zero-order chi connectivity index (χ0) is 17.2. The van der Waals surface area contributed by atoms with Crippen LogP contribution in [0.1, 0.15) is 6.92 Å². The van der Waals surface area contributed by atoms with Gasteiger partial charge in [0, 0.05) is 22.5 Å². The van der Waals surface area contributed by atoms with Crippen molar-refractivity contribution in [2.24, 2.45) is 0 Å². The van der Waals surface area contributed by atoms with Crippen LogP contribution < -0.4 is 4.31 Å². The Morgan fingerprint density at radius 3 is 2.35 bits per heavy atom. The number of benzene rings is 2. The first-order chi connectivity index (χ1) is 10.8. The molecule has 122 valence electrons. The van der Waals surface area contributed by atoms with Gasteiger partial charge in [-0.1, -0.05) is 11.6 Å². The van der Waals surface area contributed by atoms with E-state index in [1.165, 1.54) is 24.3 Å². The molecule has 0 unspecified atom stereocenters. The molecule has 0 fully saturated rings. The number of sulfonamides is 1. The zero-order valence-corrected chi connectivity index (χ0v) is 14.5. The van der Waals surface area contributed by atoms with Crippen LogP contribution in [-0.2, 0) is 10.0 Å². The Hall–Kier alpha value is -1.77. The molecule has 0 saturated heterocycles. The maximum Gasteiger partial charge on any atom is 0.295 e. The normalized spacial score (nSPS) is 11.3. The van der Waals surface area contributed by atoms with E-state index < -0.39 is 14.9 Å². The highest BCUT2D eigenvalue weighted by Gasteiger charge is 2.29. The van der Waals surface area contributed by atoms with E-state index in [4.69, 9.17) is 11.6 Å². The van der Waals surface area contributed by atoms with Crippen LogP contribution in [0.3, 0.4) is 0 Å². The molecule has 23 heavy (non-hydrogen) atoms. The quantitative estimate of drug-likeness (QED) is 0.492. The third-order valence-corrected chi connectivity index (χ3v) is 5.55. The van der Waals surface area contributed by atoms with Gasteiger partial charge in [0.15, 0.2) is 0 Å². The zero-order valence-electron chi connectivity index (χ0n) is 12.0. The third-order valence-electron chi connectivity index (χ3n) is 3.11. The van der Waals surface area contributed by atoms with Gasteiger partial charge in [0.1, 0.15) is 5.69 Å². The summed E-state index contributed by atoms with van der Waals surface area (Å²) in [5, 5.41) is 11.4. The SMILES string of the molecule is CCN(c1ccc(Cl)cc1[N+](=O)[O-])S(=O)(=O)c1ccc(S)cc1. The second-order valence-corrected chi connectivity index (χ2v) is 7.37. The molecule has 2 rings (SSSR count). The van der Waals surface area contributed by atoms with Gasteiger partial charge in [0.2, 0.25) is 0 Å². The van der Waals surface area contributed by atoms with E-state index in [2.05, 4.69) is 12.6 Å². The van der Waals surface area contributed by atoms with Gasteiger partial charge in [-0.2, -0.15) is 0 Å². The summed E-state index contributed by atoms with van der Waals surface area (Å²) in [6.45, 7) is 1.64. The summed E-state index contributed by atoms with van der Waals surface area (Å²) in [4.78, 5) is 11.2. The summed E-state index contributed by atoms with van der Waals surface area (Å²) in [5.41, 5.74) is -0.398. The molecule has 0 N–H and O–H groups in total. The van der Waals surface area contributed by atoms with Gasteiger partial charge in [-0.3, -0.25) is 14.4 Å². The Kier molecular flexibility index (Phi) is 5.18. The number of hydrogen-bond donors (Lipinski definition) is 1. The molecule has 0 saturated carbocycles. The van der Waals surface area contributed by atoms with Crippen molar-refractivity contribution >= 4 is 45.6 Å². The van der Waals surface area contributed by atoms with E-state index in [9.17, 15) is 18.5 Å². The first kappa shape index (κ1) is 17.6. The van der Waals surface area contributed by atoms with Crippen molar-refractivity contribution in [1.29, 1.82) is 0 Å². The largest absolute Gasteiger partial charge is 0.295 e. The standard InChI is InChI=1S/C14H13ClN2O4S2/c1-2-16(13-8-3-10(15)9-14(13)17(18)19)23(20,21)12-6-4-11(22)5-7-12/h3-9,22H,2H2,1H3. The molecule has 0 aliphatic rings. The number of nitrogens with zero attached hydrogens (tertiary/aromatic N) is 2. The van der Waals surface area contributed by atoms with Crippen molar-refractivity contribution < 1.29 is 13.3 Å². The van der Waals surface area contributed by atoms with E-state index in [0.29, 0.717) is 4.90 Å². The lowest BCUT2D eigenvalue weighted by atomic mass is 10.2. The van der Waals surface area contributed by atoms with E-state index in [1.807, 2.05) is 0 Å². The maximum absolute atomic E-state index is 12.8. The third kappa shape index (κ3) is 3.60. The fraction of sp³-hybridized carbons (Fsp3) is 0.143. The van der Waals surface area contributed by atoms with Gasteiger partial charge in [-0.15, -0.1) is 12.6 Å². The topological polar surface area (TPSA) is 80.5 Å². The predicted octanol–water partition coefficient (Wildman–Crippen LogP) is 3.75. The van der Waals surface area contributed by atoms with Crippen LogP contribution in [0.25, 0.3) is 0 Å². The van der Waals surface area contributed by atoms with Crippen molar-refractivity contribution in [3.63, 3.8) is 0 Å². The number of hydrogen-bond acceptors (Lipinski definition) is 5. The molecule has 0 bridgehead atoms. The summed E-state index contributed by atoms with van der Waals surface area (Å²) < 4.78 is 26.5. The molecule has 2 aromatic carbocycles. The molecule has 0 aliphatic carbocycles. The highest BCUT2D eigenvalue weighted by molar-refractivity contribution is 7.92. The Morgan fingerprint density at radius 1 is 1.22 bits per heavy atom. The minimum absolute atomic E-state index is 0.0291. The maximum atomic E-state index is 12.8. The van der Waals surface area contributed by atoms with Gasteiger partial charge in [0.05, 0.1) is 9.82 Å². The van der Waals surface area contributed by atoms with E-state index >= 15 is 0 Å². The highest BCUT2D eigenvalue weighted by atomic mass is 35.5. The lowest BCUT2D eigenvalue weighted by molar-refractivity contribution is -0.384. The molecule has 0 heterocycles. The van der Waals surface area contributed by atoms with Crippen LogP contribution >= 0.6 is 24.2 Å². The molecular weight excluding hydrogens is 360 g/mol. The van der Waals surface area contributed by atoms with Crippen LogP contribution in [-0.4, -0.2) is 19.9 Å². The molecule has 2 aromatic rings. The van der Waals surface area contributed by atoms with Crippen LogP contribution in [0, 0.1) is 10.1 Å². The van der Waals surface area contributed by atoms with Crippen molar-refractivity contribution in [3.05, 3.63) is 57.6 Å². The van der Waals surface area contributed by atoms with Gasteiger partial charge < -0.3 is 0 Å². The minimum Gasteiger partial charge on any atom is -0.260 e. The van der Waals surface area contributed by atoms with Crippen LogP contribution in [0.4, 0.5) is 11.4 Å². The van der Waals surface area contributed by atoms with E-state index in [0.717, 1.165) is 10.4 Å². The monoisotopic (exact) mass is 372 g/mol. The summed E-state index contributed by atoms with van der Waals surface area (Å²) in [5.74, 6) is 0. The molecule has 0 aromatic heterocycles. The van der Waals surface area contributed by atoms with Gasteiger partial charge in [-0.05, 0) is 43.3 Å². The number of anilines is 1. The molecule has 6 nitrogen and oxygen atoms in total. The fourth-order valence-electron chi connectivity index (χ4n) is 2.07. The molecule has 0 aliphatic heterocycles. The second kappa shape index (κ2) is 6.77. The van der Waals surface area contributed by atoms with Gasteiger partial charge in [-0.25, -0.2) is 8.42 Å². The smallest absolute Gasteiger partial charge is 0.260 e. The van der Waals surface area contributed by atoms with Crippen molar-refractivity contribution in [1.82, 2.24) is 0 Å². The van der Waals surface area contributed by atoms with Crippen LogP contribution in [0.15, 0.2) is 52.3 Å². The number of nitro benzene ring substituents is 1. The summed E-state index contributed by atoms with van der Waals surface area (Å²) in [6.07, 6.45) is 0. The lowest BCUT2D eigenvalue weighted by Crippen LogP contribution is -2.31. The molecule has 9 heteroatoms. The average Bonchev–Trinajstić information content (AvgIpc) is 2.49. The molecule has 0 atom stereocenters. The number of thiol groups is 1. The molecule has 0 amide bonds. The summed E-state index contributed by atoms with van der Waals surface area (Å²) >= 11 is 9.89. The highest BCUT2D eigenvalue weighted by Crippen LogP contribution is 2.34. The van der Waals surface area contributed by atoms with Crippen LogP contribution in [0.5, 0.6) is 0 Å². The van der Waals surface area contributed by atoms with Crippen LogP contribution in [0.2, 0.25) is 5.02 Å².